The fourth-order valence-corrected chi connectivity index (χ4v) is 5.15. The van der Waals surface area contributed by atoms with Gasteiger partial charge in [0.1, 0.15) is 6.54 Å². The number of rotatable bonds is 9. The lowest BCUT2D eigenvalue weighted by Crippen LogP contribution is -2.36. The van der Waals surface area contributed by atoms with E-state index in [1.165, 1.54) is 0 Å². The van der Waals surface area contributed by atoms with Crippen LogP contribution in [-0.2, 0) is 9.59 Å². The van der Waals surface area contributed by atoms with Crippen LogP contribution in [0, 0.1) is 0 Å². The maximum atomic E-state index is 13.0. The first kappa shape index (κ1) is 25.8. The summed E-state index contributed by atoms with van der Waals surface area (Å²) in [4.78, 5) is 39.5. The highest BCUT2D eigenvalue weighted by Crippen LogP contribution is 2.39. The lowest BCUT2D eigenvalue weighted by atomic mass is 10.1. The number of benzene rings is 3. The van der Waals surface area contributed by atoms with Gasteiger partial charge in [0.15, 0.2) is 11.5 Å². The minimum absolute atomic E-state index is 0.231. The number of halogens is 1. The van der Waals surface area contributed by atoms with Crippen LogP contribution in [-0.4, -0.2) is 41.7 Å². The predicted molar refractivity (Wildman–Crippen MR) is 146 cm³/mol. The number of anilines is 1. The molecular weight excluding hydrogens is 544 g/mol. The monoisotopic (exact) mass is 568 g/mol. The minimum atomic E-state index is -0.515. The third kappa shape index (κ3) is 5.74. The largest absolute Gasteiger partial charge is 0.490 e. The number of thioether (sulfide) groups is 1. The molecular formula is C27H25BrN2O5S. The summed E-state index contributed by atoms with van der Waals surface area (Å²) in [5.74, 6) is 0.168. The van der Waals surface area contributed by atoms with Crippen molar-refractivity contribution in [1.82, 2.24) is 4.90 Å². The second kappa shape index (κ2) is 11.6. The number of nitrogens with zero attached hydrogens (tertiary/aromatic N) is 1. The summed E-state index contributed by atoms with van der Waals surface area (Å²) in [6, 6.07) is 16.8. The predicted octanol–water partition coefficient (Wildman–Crippen LogP) is 6.46. The number of fused-ring (bicyclic) bond motifs is 1. The van der Waals surface area contributed by atoms with E-state index in [4.69, 9.17) is 9.47 Å². The smallest absolute Gasteiger partial charge is 0.294 e. The number of imide groups is 1. The van der Waals surface area contributed by atoms with Gasteiger partial charge in [-0.25, -0.2) is 0 Å². The maximum absolute atomic E-state index is 13.0. The van der Waals surface area contributed by atoms with Crippen molar-refractivity contribution in [2.75, 3.05) is 25.1 Å². The Bertz CT molecular complexity index is 1350. The molecule has 4 rings (SSSR count). The van der Waals surface area contributed by atoms with Crippen LogP contribution < -0.4 is 14.8 Å². The van der Waals surface area contributed by atoms with E-state index in [0.29, 0.717) is 40.4 Å². The minimum Gasteiger partial charge on any atom is -0.490 e. The molecule has 0 aromatic heterocycles. The summed E-state index contributed by atoms with van der Waals surface area (Å²) in [5, 5.41) is 4.18. The number of amides is 3. The second-order valence-corrected chi connectivity index (χ2v) is 9.80. The van der Waals surface area contributed by atoms with Crippen LogP contribution in [0.4, 0.5) is 10.5 Å². The van der Waals surface area contributed by atoms with Crippen molar-refractivity contribution in [3.05, 3.63) is 69.5 Å². The SMILES string of the molecule is CCCOc1c(Br)cc(/C=C2\SC(=O)N(CC(=O)Nc3cccc4ccccc34)C2=O)cc1OCC. The van der Waals surface area contributed by atoms with E-state index in [1.807, 2.05) is 50.2 Å². The zero-order valence-electron chi connectivity index (χ0n) is 19.9. The normalized spacial score (nSPS) is 14.5. The molecule has 3 aromatic rings. The number of carbonyl (C=O) groups is 3. The van der Waals surface area contributed by atoms with Crippen molar-refractivity contribution in [2.45, 2.75) is 20.3 Å². The van der Waals surface area contributed by atoms with Crippen LogP contribution in [0.25, 0.3) is 16.8 Å². The van der Waals surface area contributed by atoms with Gasteiger partial charge in [0.05, 0.1) is 22.6 Å². The lowest BCUT2D eigenvalue weighted by Gasteiger charge is -2.14. The van der Waals surface area contributed by atoms with Crippen molar-refractivity contribution >= 4 is 67.3 Å². The first-order valence-electron chi connectivity index (χ1n) is 11.5. The molecule has 0 unspecified atom stereocenters. The Labute approximate surface area is 222 Å². The van der Waals surface area contributed by atoms with Gasteiger partial charge in [-0.2, -0.15) is 0 Å². The summed E-state index contributed by atoms with van der Waals surface area (Å²) in [6.07, 6.45) is 2.46. The first-order chi connectivity index (χ1) is 17.4. The Morgan fingerprint density at radius 2 is 1.86 bits per heavy atom. The van der Waals surface area contributed by atoms with Gasteiger partial charge in [-0.05, 0) is 76.3 Å². The average Bonchev–Trinajstić information content (AvgIpc) is 3.11. The molecule has 1 fully saturated rings. The molecule has 0 atom stereocenters. The Morgan fingerprint density at radius 3 is 2.64 bits per heavy atom. The molecule has 186 valence electrons. The van der Waals surface area contributed by atoms with Gasteiger partial charge in [0.25, 0.3) is 11.1 Å². The van der Waals surface area contributed by atoms with Crippen molar-refractivity contribution in [3.63, 3.8) is 0 Å². The average molecular weight is 569 g/mol. The van der Waals surface area contributed by atoms with E-state index in [2.05, 4.69) is 21.2 Å². The second-order valence-electron chi connectivity index (χ2n) is 7.95. The molecule has 1 N–H and O–H groups in total. The molecule has 0 aliphatic carbocycles. The van der Waals surface area contributed by atoms with Gasteiger partial charge in [0.2, 0.25) is 5.91 Å². The molecule has 1 aliphatic heterocycles. The summed E-state index contributed by atoms with van der Waals surface area (Å²) < 4.78 is 12.2. The molecule has 7 nitrogen and oxygen atoms in total. The summed E-state index contributed by atoms with van der Waals surface area (Å²) >= 11 is 4.31. The molecule has 1 heterocycles. The van der Waals surface area contributed by atoms with Gasteiger partial charge in [0, 0.05) is 11.1 Å². The summed E-state index contributed by atoms with van der Waals surface area (Å²) in [6.45, 7) is 4.50. The van der Waals surface area contributed by atoms with Gasteiger partial charge in [-0.15, -0.1) is 0 Å². The van der Waals surface area contributed by atoms with Crippen LogP contribution in [0.15, 0.2) is 64.0 Å². The fraction of sp³-hybridized carbons (Fsp3) is 0.222. The molecule has 3 amide bonds. The van der Waals surface area contributed by atoms with E-state index >= 15 is 0 Å². The molecule has 0 spiro atoms. The maximum Gasteiger partial charge on any atom is 0.294 e. The standard InChI is InChI=1S/C27H25BrN2O5S/c1-3-12-35-25-20(28)13-17(14-22(25)34-4-2)15-23-26(32)30(27(33)36-23)16-24(31)29-21-11-7-9-18-8-5-6-10-19(18)21/h5-11,13-15H,3-4,12,16H2,1-2H3,(H,29,31)/b23-15-. The number of ether oxygens (including phenoxy) is 2. The van der Waals surface area contributed by atoms with Crippen molar-refractivity contribution in [2.24, 2.45) is 0 Å². The van der Waals surface area contributed by atoms with E-state index < -0.39 is 17.1 Å². The molecule has 0 saturated carbocycles. The number of hydrogen-bond acceptors (Lipinski definition) is 6. The van der Waals surface area contributed by atoms with E-state index in [1.54, 1.807) is 24.3 Å². The highest BCUT2D eigenvalue weighted by atomic mass is 79.9. The lowest BCUT2D eigenvalue weighted by molar-refractivity contribution is -0.127. The van der Waals surface area contributed by atoms with Gasteiger partial charge >= 0.3 is 0 Å². The van der Waals surface area contributed by atoms with Crippen LogP contribution >= 0.6 is 27.7 Å². The summed E-state index contributed by atoms with van der Waals surface area (Å²) in [7, 11) is 0. The Kier molecular flexibility index (Phi) is 8.32. The zero-order chi connectivity index (χ0) is 25.7. The fourth-order valence-electron chi connectivity index (χ4n) is 3.73. The van der Waals surface area contributed by atoms with Crippen LogP contribution in [0.5, 0.6) is 11.5 Å². The third-order valence-corrected chi connectivity index (χ3v) is 6.82. The Balaban J connectivity index is 1.51. The molecule has 0 bridgehead atoms. The van der Waals surface area contributed by atoms with Crippen molar-refractivity contribution < 1.29 is 23.9 Å². The number of hydrogen-bond donors (Lipinski definition) is 1. The highest BCUT2D eigenvalue weighted by Gasteiger charge is 2.36. The Morgan fingerprint density at radius 1 is 1.08 bits per heavy atom. The van der Waals surface area contributed by atoms with Gasteiger partial charge < -0.3 is 14.8 Å². The van der Waals surface area contributed by atoms with Crippen LogP contribution in [0.1, 0.15) is 25.8 Å². The van der Waals surface area contributed by atoms with E-state index in [0.717, 1.165) is 33.9 Å². The number of carbonyl (C=O) groups excluding carboxylic acids is 3. The van der Waals surface area contributed by atoms with E-state index in [-0.39, 0.29) is 11.4 Å². The van der Waals surface area contributed by atoms with Gasteiger partial charge in [-0.1, -0.05) is 43.3 Å². The van der Waals surface area contributed by atoms with Gasteiger partial charge in [-0.3, -0.25) is 19.3 Å². The van der Waals surface area contributed by atoms with Crippen LogP contribution in [0.2, 0.25) is 0 Å². The molecule has 0 radical (unpaired) electrons. The Hall–Kier alpha value is -3.30. The molecule has 36 heavy (non-hydrogen) atoms. The molecule has 3 aromatic carbocycles. The van der Waals surface area contributed by atoms with Crippen LogP contribution in [0.3, 0.4) is 0 Å². The molecule has 9 heteroatoms. The third-order valence-electron chi connectivity index (χ3n) is 5.32. The molecule has 1 saturated heterocycles. The molecule has 1 aliphatic rings. The van der Waals surface area contributed by atoms with Crippen molar-refractivity contribution in [3.8, 4) is 11.5 Å². The van der Waals surface area contributed by atoms with Crippen molar-refractivity contribution in [1.29, 1.82) is 0 Å². The topological polar surface area (TPSA) is 84.9 Å². The quantitative estimate of drug-likeness (QED) is 0.298. The number of nitrogens with one attached hydrogen (secondary N) is 1. The summed E-state index contributed by atoms with van der Waals surface area (Å²) in [5.41, 5.74) is 1.29. The zero-order valence-corrected chi connectivity index (χ0v) is 22.3. The van der Waals surface area contributed by atoms with E-state index in [9.17, 15) is 14.4 Å². The highest BCUT2D eigenvalue weighted by molar-refractivity contribution is 9.10. The first-order valence-corrected chi connectivity index (χ1v) is 13.1.